The molecule has 0 amide bonds. The normalized spacial score (nSPS) is 18.6. The van der Waals surface area contributed by atoms with Crippen LogP contribution in [0.1, 0.15) is 31.7 Å². The molecule has 1 aliphatic heterocycles. The van der Waals surface area contributed by atoms with E-state index in [4.69, 9.17) is 9.47 Å². The van der Waals surface area contributed by atoms with Crippen LogP contribution in [0.2, 0.25) is 0 Å². The maximum absolute atomic E-state index is 12.4. The number of aliphatic hydroxyl groups is 1. The van der Waals surface area contributed by atoms with Crippen molar-refractivity contribution < 1.29 is 32.5 Å². The molecule has 0 fully saturated rings. The van der Waals surface area contributed by atoms with E-state index in [9.17, 15) is 18.3 Å². The fourth-order valence-electron chi connectivity index (χ4n) is 3.52. The Balaban J connectivity index is 2.00. The highest BCUT2D eigenvalue weighted by atomic mass is 19.4. The molecule has 0 aromatic heterocycles. The highest BCUT2D eigenvalue weighted by Gasteiger charge is 2.32. The number of halogens is 3. The summed E-state index contributed by atoms with van der Waals surface area (Å²) in [7, 11) is 1.53. The van der Waals surface area contributed by atoms with Crippen LogP contribution in [0.4, 0.5) is 13.2 Å². The van der Waals surface area contributed by atoms with Crippen molar-refractivity contribution in [3.8, 4) is 28.4 Å². The smallest absolute Gasteiger partial charge is 0.496 e. The molecule has 0 saturated carbocycles. The largest absolute Gasteiger partial charge is 0.573 e. The summed E-state index contributed by atoms with van der Waals surface area (Å²) in [5.41, 5.74) is 2.12. The average molecular weight is 396 g/mol. The van der Waals surface area contributed by atoms with E-state index in [1.807, 2.05) is 12.1 Å². The summed E-state index contributed by atoms with van der Waals surface area (Å²) in [6.45, 7) is 4.66. The van der Waals surface area contributed by atoms with Crippen LogP contribution in [0.15, 0.2) is 36.4 Å². The SMILES string of the molecule is COc1cc2c(cc1-c1ccc(OC(F)(F)F)cc1)OCC(C)(C)CC2CO. The topological polar surface area (TPSA) is 47.9 Å². The summed E-state index contributed by atoms with van der Waals surface area (Å²) in [6.07, 6.45) is -3.97. The summed E-state index contributed by atoms with van der Waals surface area (Å²) >= 11 is 0. The Morgan fingerprint density at radius 3 is 2.43 bits per heavy atom. The van der Waals surface area contributed by atoms with Crippen LogP contribution < -0.4 is 14.2 Å². The monoisotopic (exact) mass is 396 g/mol. The highest BCUT2D eigenvalue weighted by Crippen LogP contribution is 2.45. The van der Waals surface area contributed by atoms with Gasteiger partial charge in [-0.25, -0.2) is 0 Å². The van der Waals surface area contributed by atoms with Gasteiger partial charge >= 0.3 is 6.36 Å². The zero-order chi connectivity index (χ0) is 20.5. The summed E-state index contributed by atoms with van der Waals surface area (Å²) in [4.78, 5) is 0. The first-order valence-corrected chi connectivity index (χ1v) is 8.93. The molecule has 1 unspecified atom stereocenters. The predicted octanol–water partition coefficient (Wildman–Crippen LogP) is 5.15. The van der Waals surface area contributed by atoms with Gasteiger partial charge in [0, 0.05) is 17.0 Å². The van der Waals surface area contributed by atoms with Gasteiger partial charge in [-0.3, -0.25) is 0 Å². The first-order chi connectivity index (χ1) is 13.1. The second-order valence-corrected chi connectivity index (χ2v) is 7.70. The van der Waals surface area contributed by atoms with Crippen LogP contribution >= 0.6 is 0 Å². The van der Waals surface area contributed by atoms with Crippen LogP contribution in [0.25, 0.3) is 11.1 Å². The van der Waals surface area contributed by atoms with Gasteiger partial charge in [0.25, 0.3) is 0 Å². The number of aliphatic hydroxyl groups excluding tert-OH is 1. The number of rotatable bonds is 4. The van der Waals surface area contributed by atoms with Crippen molar-refractivity contribution >= 4 is 0 Å². The molecule has 7 heteroatoms. The molecule has 3 rings (SSSR count). The number of hydrogen-bond donors (Lipinski definition) is 1. The Hall–Kier alpha value is -2.41. The van der Waals surface area contributed by atoms with Crippen LogP contribution in [0.3, 0.4) is 0 Å². The molecule has 0 spiro atoms. The van der Waals surface area contributed by atoms with Crippen molar-refractivity contribution in [3.05, 3.63) is 42.0 Å². The van der Waals surface area contributed by atoms with E-state index in [2.05, 4.69) is 18.6 Å². The molecule has 28 heavy (non-hydrogen) atoms. The molecular formula is C21H23F3O4. The molecule has 0 saturated heterocycles. The van der Waals surface area contributed by atoms with E-state index < -0.39 is 6.36 Å². The minimum atomic E-state index is -4.73. The summed E-state index contributed by atoms with van der Waals surface area (Å²) in [5, 5.41) is 9.87. The molecule has 2 aromatic rings. The number of benzene rings is 2. The molecule has 152 valence electrons. The van der Waals surface area contributed by atoms with E-state index in [0.29, 0.717) is 29.2 Å². The van der Waals surface area contributed by atoms with Gasteiger partial charge in [-0.05, 0) is 41.7 Å². The van der Waals surface area contributed by atoms with Gasteiger partial charge in [-0.1, -0.05) is 26.0 Å². The van der Waals surface area contributed by atoms with Gasteiger partial charge in [0.2, 0.25) is 0 Å². The van der Waals surface area contributed by atoms with Gasteiger partial charge in [-0.15, -0.1) is 13.2 Å². The number of fused-ring (bicyclic) bond motifs is 1. The van der Waals surface area contributed by atoms with Crippen molar-refractivity contribution in [2.45, 2.75) is 32.5 Å². The number of alkyl halides is 3. The molecular weight excluding hydrogens is 373 g/mol. The third-order valence-corrected chi connectivity index (χ3v) is 4.81. The minimum Gasteiger partial charge on any atom is -0.496 e. The van der Waals surface area contributed by atoms with E-state index in [-0.39, 0.29) is 23.7 Å². The Labute approximate surface area is 161 Å². The van der Waals surface area contributed by atoms with E-state index in [1.165, 1.54) is 31.4 Å². The van der Waals surface area contributed by atoms with Crippen LogP contribution in [0.5, 0.6) is 17.2 Å². The molecule has 1 N–H and O–H groups in total. The molecule has 0 bridgehead atoms. The first-order valence-electron chi connectivity index (χ1n) is 8.93. The molecule has 0 aliphatic carbocycles. The molecule has 2 aromatic carbocycles. The lowest BCUT2D eigenvalue weighted by molar-refractivity contribution is -0.274. The summed E-state index contributed by atoms with van der Waals surface area (Å²) in [6, 6.07) is 9.25. The molecule has 0 radical (unpaired) electrons. The van der Waals surface area contributed by atoms with Gasteiger partial charge in [0.15, 0.2) is 0 Å². The number of hydrogen-bond acceptors (Lipinski definition) is 4. The van der Waals surface area contributed by atoms with Gasteiger partial charge in [0.05, 0.1) is 20.3 Å². The number of methoxy groups -OCH3 is 1. The van der Waals surface area contributed by atoms with Crippen molar-refractivity contribution in [1.82, 2.24) is 0 Å². The lowest BCUT2D eigenvalue weighted by Crippen LogP contribution is -2.22. The summed E-state index contributed by atoms with van der Waals surface area (Å²) in [5.74, 6) is 0.836. The quantitative estimate of drug-likeness (QED) is 0.777. The molecule has 1 heterocycles. The highest BCUT2D eigenvalue weighted by molar-refractivity contribution is 5.74. The fraction of sp³-hybridized carbons (Fsp3) is 0.429. The Morgan fingerprint density at radius 2 is 1.86 bits per heavy atom. The maximum atomic E-state index is 12.4. The van der Waals surface area contributed by atoms with Crippen LogP contribution in [-0.4, -0.2) is 31.8 Å². The standard InChI is InChI=1S/C21H23F3O4/c1-20(2)10-14(11-25)17-8-18(26-3)16(9-19(17)27-12-20)13-4-6-15(7-5-13)28-21(22,23)24/h4-9,14,25H,10-12H2,1-3H3. The van der Waals surface area contributed by atoms with Crippen molar-refractivity contribution in [3.63, 3.8) is 0 Å². The lowest BCUT2D eigenvalue weighted by Gasteiger charge is -2.24. The second kappa shape index (κ2) is 7.54. The maximum Gasteiger partial charge on any atom is 0.573 e. The lowest BCUT2D eigenvalue weighted by atomic mass is 9.81. The fourth-order valence-corrected chi connectivity index (χ4v) is 3.52. The average Bonchev–Trinajstić information content (AvgIpc) is 2.75. The Morgan fingerprint density at radius 1 is 1.18 bits per heavy atom. The number of ether oxygens (including phenoxy) is 3. The molecule has 1 aliphatic rings. The third-order valence-electron chi connectivity index (χ3n) is 4.81. The molecule has 1 atom stereocenters. The Bertz CT molecular complexity index is 829. The first kappa shape index (κ1) is 20.3. The second-order valence-electron chi connectivity index (χ2n) is 7.70. The van der Waals surface area contributed by atoms with E-state index in [0.717, 1.165) is 12.0 Å². The molecule has 4 nitrogen and oxygen atoms in total. The van der Waals surface area contributed by atoms with Gasteiger partial charge < -0.3 is 19.3 Å². The van der Waals surface area contributed by atoms with Crippen molar-refractivity contribution in [1.29, 1.82) is 0 Å². The third kappa shape index (κ3) is 4.52. The van der Waals surface area contributed by atoms with Crippen molar-refractivity contribution in [2.75, 3.05) is 20.3 Å². The van der Waals surface area contributed by atoms with Crippen LogP contribution in [0, 0.1) is 5.41 Å². The van der Waals surface area contributed by atoms with Crippen LogP contribution in [-0.2, 0) is 0 Å². The van der Waals surface area contributed by atoms with Gasteiger partial charge in [-0.2, -0.15) is 0 Å². The van der Waals surface area contributed by atoms with Crippen molar-refractivity contribution in [2.24, 2.45) is 5.41 Å². The zero-order valence-corrected chi connectivity index (χ0v) is 16.0. The Kier molecular flexibility index (Phi) is 5.48. The van der Waals surface area contributed by atoms with Gasteiger partial charge in [0.1, 0.15) is 17.2 Å². The minimum absolute atomic E-state index is 0.00817. The zero-order valence-electron chi connectivity index (χ0n) is 16.0. The predicted molar refractivity (Wildman–Crippen MR) is 98.8 cm³/mol. The van der Waals surface area contributed by atoms with E-state index >= 15 is 0 Å². The summed E-state index contributed by atoms with van der Waals surface area (Å²) < 4.78 is 52.5. The van der Waals surface area contributed by atoms with E-state index in [1.54, 1.807) is 0 Å².